The van der Waals surface area contributed by atoms with Gasteiger partial charge in [-0.3, -0.25) is 10.1 Å². The molecule has 0 fully saturated rings. The van der Waals surface area contributed by atoms with E-state index in [0.717, 1.165) is 5.69 Å². The van der Waals surface area contributed by atoms with Gasteiger partial charge in [0.15, 0.2) is 5.82 Å². The van der Waals surface area contributed by atoms with Gasteiger partial charge in [-0.15, -0.1) is 0 Å². The predicted molar refractivity (Wildman–Crippen MR) is 96.0 cm³/mol. The Bertz CT molecular complexity index is 736. The number of para-hydroxylation sites is 1. The standard InChI is InChI=1S/C18H22N4O3/c1-4-12-25-18(24)20-16-15(17(23)21(5-2)6-3)13-19-22(16)14-10-8-7-9-11-14/h4,7-11,13H,1,5-6,12H2,2-3H3,(H,20,24). The summed E-state index contributed by atoms with van der Waals surface area (Å²) in [7, 11) is 0. The number of nitrogens with one attached hydrogen (secondary N) is 1. The second kappa shape index (κ2) is 8.68. The first kappa shape index (κ1) is 18.3. The molecule has 7 heteroatoms. The summed E-state index contributed by atoms with van der Waals surface area (Å²) in [5.74, 6) is 0.0726. The number of carbonyl (C=O) groups is 2. The molecule has 2 aromatic rings. The van der Waals surface area contributed by atoms with Crippen molar-refractivity contribution in [1.82, 2.24) is 14.7 Å². The van der Waals surface area contributed by atoms with Crippen LogP contribution >= 0.6 is 0 Å². The van der Waals surface area contributed by atoms with Gasteiger partial charge in [0.2, 0.25) is 0 Å². The summed E-state index contributed by atoms with van der Waals surface area (Å²) < 4.78 is 6.47. The molecule has 0 aliphatic rings. The Morgan fingerprint density at radius 1 is 1.28 bits per heavy atom. The van der Waals surface area contributed by atoms with Crippen LogP contribution in [0, 0.1) is 0 Å². The van der Waals surface area contributed by atoms with E-state index >= 15 is 0 Å². The van der Waals surface area contributed by atoms with Gasteiger partial charge < -0.3 is 9.64 Å². The van der Waals surface area contributed by atoms with Crippen molar-refractivity contribution in [3.8, 4) is 5.69 Å². The quantitative estimate of drug-likeness (QED) is 0.785. The van der Waals surface area contributed by atoms with Crippen molar-refractivity contribution in [2.75, 3.05) is 25.0 Å². The van der Waals surface area contributed by atoms with E-state index in [1.54, 1.807) is 4.90 Å². The first-order valence-corrected chi connectivity index (χ1v) is 8.09. The Kier molecular flexibility index (Phi) is 6.33. The molecular formula is C18H22N4O3. The zero-order valence-corrected chi connectivity index (χ0v) is 14.4. The highest BCUT2D eigenvalue weighted by molar-refractivity contribution is 6.02. The van der Waals surface area contributed by atoms with Gasteiger partial charge in [-0.1, -0.05) is 30.9 Å². The summed E-state index contributed by atoms with van der Waals surface area (Å²) in [4.78, 5) is 26.4. The summed E-state index contributed by atoms with van der Waals surface area (Å²) >= 11 is 0. The van der Waals surface area contributed by atoms with Crippen molar-refractivity contribution >= 4 is 17.8 Å². The molecule has 2 amide bonds. The Morgan fingerprint density at radius 2 is 1.96 bits per heavy atom. The van der Waals surface area contributed by atoms with Gasteiger partial charge >= 0.3 is 6.09 Å². The van der Waals surface area contributed by atoms with Crippen molar-refractivity contribution in [2.45, 2.75) is 13.8 Å². The van der Waals surface area contributed by atoms with E-state index in [0.29, 0.717) is 18.7 Å². The number of benzene rings is 1. The summed E-state index contributed by atoms with van der Waals surface area (Å²) in [6.45, 7) is 8.49. The molecule has 7 nitrogen and oxygen atoms in total. The SMILES string of the molecule is C=CCOC(=O)Nc1c(C(=O)N(CC)CC)cnn1-c1ccccc1. The highest BCUT2D eigenvalue weighted by Gasteiger charge is 2.23. The molecule has 0 spiro atoms. The summed E-state index contributed by atoms with van der Waals surface area (Å²) in [6, 6.07) is 9.24. The lowest BCUT2D eigenvalue weighted by Gasteiger charge is -2.19. The number of rotatable bonds is 7. The lowest BCUT2D eigenvalue weighted by atomic mass is 10.2. The normalized spacial score (nSPS) is 10.2. The van der Waals surface area contributed by atoms with E-state index in [2.05, 4.69) is 17.0 Å². The fraction of sp³-hybridized carbons (Fsp3) is 0.278. The average molecular weight is 342 g/mol. The third-order valence-corrected chi connectivity index (χ3v) is 3.60. The predicted octanol–water partition coefficient (Wildman–Crippen LogP) is 3.09. The maximum Gasteiger partial charge on any atom is 0.413 e. The summed E-state index contributed by atoms with van der Waals surface area (Å²) in [5.41, 5.74) is 1.03. The molecule has 0 unspecified atom stereocenters. The van der Waals surface area contributed by atoms with Gasteiger partial charge in [-0.25, -0.2) is 9.48 Å². The van der Waals surface area contributed by atoms with Crippen LogP contribution in [0.4, 0.5) is 10.6 Å². The first-order chi connectivity index (χ1) is 12.1. The molecule has 0 saturated carbocycles. The lowest BCUT2D eigenvalue weighted by molar-refractivity contribution is 0.0774. The monoisotopic (exact) mass is 342 g/mol. The van der Waals surface area contributed by atoms with Crippen LogP contribution in [0.1, 0.15) is 24.2 Å². The highest BCUT2D eigenvalue weighted by Crippen LogP contribution is 2.22. The topological polar surface area (TPSA) is 76.5 Å². The van der Waals surface area contributed by atoms with Crippen molar-refractivity contribution < 1.29 is 14.3 Å². The van der Waals surface area contributed by atoms with E-state index in [-0.39, 0.29) is 18.3 Å². The van der Waals surface area contributed by atoms with Crippen LogP contribution in [0.3, 0.4) is 0 Å². The van der Waals surface area contributed by atoms with Gasteiger partial charge in [-0.05, 0) is 26.0 Å². The third-order valence-electron chi connectivity index (χ3n) is 3.60. The fourth-order valence-electron chi connectivity index (χ4n) is 2.34. The highest BCUT2D eigenvalue weighted by atomic mass is 16.5. The Labute approximate surface area is 146 Å². The van der Waals surface area contributed by atoms with Crippen molar-refractivity contribution in [2.24, 2.45) is 0 Å². The number of amides is 2. The third kappa shape index (κ3) is 4.26. The van der Waals surface area contributed by atoms with Gasteiger partial charge in [0, 0.05) is 13.1 Å². The smallest absolute Gasteiger partial charge is 0.413 e. The van der Waals surface area contributed by atoms with Crippen LogP contribution in [0.15, 0.2) is 49.2 Å². The van der Waals surface area contributed by atoms with Crippen LogP contribution < -0.4 is 5.32 Å². The molecule has 1 aromatic heterocycles. The molecule has 0 radical (unpaired) electrons. The minimum absolute atomic E-state index is 0.0740. The van der Waals surface area contributed by atoms with Gasteiger partial charge in [0.05, 0.1) is 11.9 Å². The molecule has 0 atom stereocenters. The first-order valence-electron chi connectivity index (χ1n) is 8.09. The molecule has 2 rings (SSSR count). The van der Waals surface area contributed by atoms with E-state index in [1.165, 1.54) is 17.0 Å². The zero-order chi connectivity index (χ0) is 18.2. The lowest BCUT2D eigenvalue weighted by Crippen LogP contribution is -2.31. The van der Waals surface area contributed by atoms with E-state index in [1.807, 2.05) is 44.2 Å². The maximum absolute atomic E-state index is 12.7. The Morgan fingerprint density at radius 3 is 2.56 bits per heavy atom. The Hall–Kier alpha value is -3.09. The second-order valence-electron chi connectivity index (χ2n) is 5.14. The molecule has 1 heterocycles. The number of carbonyl (C=O) groups excluding carboxylic acids is 2. The second-order valence-corrected chi connectivity index (χ2v) is 5.14. The molecule has 132 valence electrons. The number of hydrogen-bond acceptors (Lipinski definition) is 4. The van der Waals surface area contributed by atoms with E-state index in [9.17, 15) is 9.59 Å². The number of hydrogen-bond donors (Lipinski definition) is 1. The van der Waals surface area contributed by atoms with Crippen molar-refractivity contribution in [1.29, 1.82) is 0 Å². The fourth-order valence-corrected chi connectivity index (χ4v) is 2.34. The van der Waals surface area contributed by atoms with Gasteiger partial charge in [-0.2, -0.15) is 5.10 Å². The molecule has 0 saturated heterocycles. The van der Waals surface area contributed by atoms with Crippen molar-refractivity contribution in [3.05, 3.63) is 54.7 Å². The number of anilines is 1. The molecule has 0 bridgehead atoms. The molecule has 0 aliphatic heterocycles. The zero-order valence-electron chi connectivity index (χ0n) is 14.4. The van der Waals surface area contributed by atoms with E-state index < -0.39 is 6.09 Å². The van der Waals surface area contributed by atoms with Crippen molar-refractivity contribution in [3.63, 3.8) is 0 Å². The maximum atomic E-state index is 12.7. The summed E-state index contributed by atoms with van der Waals surface area (Å²) in [5, 5.41) is 6.89. The summed E-state index contributed by atoms with van der Waals surface area (Å²) in [6.07, 6.45) is 2.25. The molecular weight excluding hydrogens is 320 g/mol. The molecule has 0 aliphatic carbocycles. The van der Waals surface area contributed by atoms with E-state index in [4.69, 9.17) is 4.74 Å². The van der Waals surface area contributed by atoms with Crippen LogP contribution in [-0.4, -0.2) is 46.4 Å². The number of aromatic nitrogens is 2. The average Bonchev–Trinajstić information content (AvgIpc) is 3.05. The molecule has 1 N–H and O–H groups in total. The minimum atomic E-state index is -0.675. The van der Waals surface area contributed by atoms with Gasteiger partial charge in [0.1, 0.15) is 12.2 Å². The van der Waals surface area contributed by atoms with Crippen LogP contribution in [0.25, 0.3) is 5.69 Å². The minimum Gasteiger partial charge on any atom is -0.445 e. The van der Waals surface area contributed by atoms with Crippen LogP contribution in [0.2, 0.25) is 0 Å². The largest absolute Gasteiger partial charge is 0.445 e. The molecule has 25 heavy (non-hydrogen) atoms. The number of ether oxygens (including phenoxy) is 1. The number of nitrogens with zero attached hydrogens (tertiary/aromatic N) is 3. The van der Waals surface area contributed by atoms with Crippen LogP contribution in [0.5, 0.6) is 0 Å². The van der Waals surface area contributed by atoms with Gasteiger partial charge in [0.25, 0.3) is 5.91 Å². The Balaban J connectivity index is 2.42. The molecule has 1 aromatic carbocycles. The van der Waals surface area contributed by atoms with Crippen LogP contribution in [-0.2, 0) is 4.74 Å².